The monoisotopic (exact) mass is 292 g/mol. The molecule has 3 heteroatoms. The minimum atomic E-state index is -0.788. The molecule has 3 rings (SSSR count). The molecule has 114 valence electrons. The van der Waals surface area contributed by atoms with Gasteiger partial charge in [0.05, 0.1) is 0 Å². The average Bonchev–Trinajstić information content (AvgIpc) is 2.52. The van der Waals surface area contributed by atoms with Gasteiger partial charge in [-0.2, -0.15) is 0 Å². The van der Waals surface area contributed by atoms with Crippen LogP contribution in [0.4, 0.5) is 8.78 Å². The van der Waals surface area contributed by atoms with Gasteiger partial charge >= 0.3 is 0 Å². The number of rotatable bonds is 2. The van der Waals surface area contributed by atoms with Gasteiger partial charge < -0.3 is 0 Å². The van der Waals surface area contributed by atoms with Gasteiger partial charge in [0, 0.05) is 12.8 Å². The Balaban J connectivity index is 1.98. The number of ketones is 1. The Kier molecular flexibility index (Phi) is 4.10. The molecular weight excluding hydrogens is 270 g/mol. The predicted molar refractivity (Wildman–Crippen MR) is 78.1 cm³/mol. The first kappa shape index (κ1) is 14.7. The van der Waals surface area contributed by atoms with Crippen molar-refractivity contribution in [1.29, 1.82) is 0 Å². The summed E-state index contributed by atoms with van der Waals surface area (Å²) in [7, 11) is 0. The normalized spacial score (nSPS) is 23.2. The molecule has 1 aromatic rings. The largest absolute Gasteiger partial charge is 0.300 e. The number of halogens is 2. The molecule has 0 saturated heterocycles. The van der Waals surface area contributed by atoms with Crippen LogP contribution in [0.25, 0.3) is 0 Å². The molecule has 2 saturated carbocycles. The van der Waals surface area contributed by atoms with Crippen LogP contribution in [0.5, 0.6) is 0 Å². The standard InChI is InChI=1S/C18H22F2O/c19-16-7-6-14(12-17(16)20)18(10-8-15(21)9-11-18)13-4-2-1-3-5-13/h6-7,12-13H,1-5,8-11H2. The van der Waals surface area contributed by atoms with Crippen LogP contribution in [0.2, 0.25) is 0 Å². The molecule has 0 heterocycles. The molecule has 2 aliphatic carbocycles. The maximum atomic E-state index is 13.7. The summed E-state index contributed by atoms with van der Waals surface area (Å²) >= 11 is 0. The molecule has 1 nitrogen and oxygen atoms in total. The Morgan fingerprint density at radius 1 is 0.952 bits per heavy atom. The SMILES string of the molecule is O=C1CCC(c2ccc(F)c(F)c2)(C2CCCCC2)CC1. The maximum Gasteiger partial charge on any atom is 0.159 e. The van der Waals surface area contributed by atoms with E-state index in [1.807, 2.05) is 0 Å². The fourth-order valence-electron chi connectivity index (χ4n) is 4.37. The van der Waals surface area contributed by atoms with Crippen molar-refractivity contribution in [3.05, 3.63) is 35.4 Å². The zero-order chi connectivity index (χ0) is 14.9. The molecule has 0 unspecified atom stereocenters. The van der Waals surface area contributed by atoms with Gasteiger partial charge in [-0.3, -0.25) is 4.79 Å². The molecule has 21 heavy (non-hydrogen) atoms. The van der Waals surface area contributed by atoms with E-state index in [0.29, 0.717) is 24.5 Å². The first-order valence-electron chi connectivity index (χ1n) is 8.09. The molecular formula is C18H22F2O. The van der Waals surface area contributed by atoms with Crippen molar-refractivity contribution in [1.82, 2.24) is 0 Å². The van der Waals surface area contributed by atoms with Crippen molar-refractivity contribution in [3.63, 3.8) is 0 Å². The van der Waals surface area contributed by atoms with Crippen molar-refractivity contribution in [2.75, 3.05) is 0 Å². The molecule has 0 aromatic heterocycles. The first-order valence-corrected chi connectivity index (χ1v) is 8.09. The molecule has 0 radical (unpaired) electrons. The fourth-order valence-corrected chi connectivity index (χ4v) is 4.37. The minimum absolute atomic E-state index is 0.122. The zero-order valence-corrected chi connectivity index (χ0v) is 12.3. The summed E-state index contributed by atoms with van der Waals surface area (Å²) in [4.78, 5) is 11.7. The predicted octanol–water partition coefficient (Wildman–Crippen LogP) is 4.93. The van der Waals surface area contributed by atoms with E-state index in [1.165, 1.54) is 31.4 Å². The van der Waals surface area contributed by atoms with E-state index in [4.69, 9.17) is 0 Å². The van der Waals surface area contributed by atoms with Crippen molar-refractivity contribution < 1.29 is 13.6 Å². The summed E-state index contributed by atoms with van der Waals surface area (Å²) < 4.78 is 27.0. The second-order valence-electron chi connectivity index (χ2n) is 6.66. The van der Waals surface area contributed by atoms with Crippen molar-refractivity contribution in [2.45, 2.75) is 63.2 Å². The third-order valence-corrected chi connectivity index (χ3v) is 5.58. The summed E-state index contributed by atoms with van der Waals surface area (Å²) in [5.74, 6) is -0.739. The summed E-state index contributed by atoms with van der Waals surface area (Å²) in [6, 6.07) is 4.36. The van der Waals surface area contributed by atoms with Gasteiger partial charge in [0.25, 0.3) is 0 Å². The third kappa shape index (κ3) is 2.75. The highest BCUT2D eigenvalue weighted by atomic mass is 19.2. The van der Waals surface area contributed by atoms with Crippen LogP contribution in [0.15, 0.2) is 18.2 Å². The Hall–Kier alpha value is -1.25. The fraction of sp³-hybridized carbons (Fsp3) is 0.611. The van der Waals surface area contributed by atoms with Crippen LogP contribution in [0.1, 0.15) is 63.4 Å². The molecule has 0 bridgehead atoms. The van der Waals surface area contributed by atoms with Crippen molar-refractivity contribution >= 4 is 5.78 Å². The Bertz CT molecular complexity index is 522. The third-order valence-electron chi connectivity index (χ3n) is 5.58. The average molecular weight is 292 g/mol. The lowest BCUT2D eigenvalue weighted by Crippen LogP contribution is -2.40. The molecule has 0 N–H and O–H groups in total. The van der Waals surface area contributed by atoms with Crippen molar-refractivity contribution in [3.8, 4) is 0 Å². The second kappa shape index (κ2) is 5.86. The van der Waals surface area contributed by atoms with E-state index in [1.54, 1.807) is 6.07 Å². The number of carbonyl (C=O) groups is 1. The van der Waals surface area contributed by atoms with Gasteiger partial charge in [0.1, 0.15) is 5.78 Å². The quantitative estimate of drug-likeness (QED) is 0.755. The van der Waals surface area contributed by atoms with Gasteiger partial charge in [-0.05, 0) is 54.7 Å². The molecule has 0 spiro atoms. The van der Waals surface area contributed by atoms with Crippen molar-refractivity contribution in [2.24, 2.45) is 5.92 Å². The maximum absolute atomic E-state index is 13.7. The minimum Gasteiger partial charge on any atom is -0.300 e. The highest BCUT2D eigenvalue weighted by molar-refractivity contribution is 5.79. The smallest absolute Gasteiger partial charge is 0.159 e. The van der Waals surface area contributed by atoms with Gasteiger partial charge in [0.15, 0.2) is 11.6 Å². The van der Waals surface area contributed by atoms with Gasteiger partial charge in [-0.1, -0.05) is 25.3 Å². The van der Waals surface area contributed by atoms with E-state index in [0.717, 1.165) is 31.2 Å². The molecule has 0 amide bonds. The highest BCUT2D eigenvalue weighted by Gasteiger charge is 2.43. The van der Waals surface area contributed by atoms with Gasteiger partial charge in [0.2, 0.25) is 0 Å². The van der Waals surface area contributed by atoms with E-state index in [2.05, 4.69) is 0 Å². The summed E-state index contributed by atoms with van der Waals surface area (Å²) in [6.45, 7) is 0. The zero-order valence-electron chi connectivity index (χ0n) is 12.3. The van der Waals surface area contributed by atoms with Crippen LogP contribution >= 0.6 is 0 Å². The number of carbonyl (C=O) groups excluding carboxylic acids is 1. The molecule has 2 fully saturated rings. The summed E-state index contributed by atoms with van der Waals surface area (Å²) in [5, 5.41) is 0. The van der Waals surface area contributed by atoms with Crippen LogP contribution < -0.4 is 0 Å². The number of benzene rings is 1. The summed E-state index contributed by atoms with van der Waals surface area (Å²) in [6.07, 6.45) is 8.73. The van der Waals surface area contributed by atoms with Crippen LogP contribution in [-0.4, -0.2) is 5.78 Å². The van der Waals surface area contributed by atoms with Gasteiger partial charge in [-0.15, -0.1) is 0 Å². The van der Waals surface area contributed by atoms with Crippen LogP contribution in [0, 0.1) is 17.6 Å². The Morgan fingerprint density at radius 2 is 1.62 bits per heavy atom. The Labute approximate surface area is 124 Å². The lowest BCUT2D eigenvalue weighted by atomic mass is 9.58. The van der Waals surface area contributed by atoms with E-state index in [9.17, 15) is 13.6 Å². The molecule has 0 aliphatic heterocycles. The summed E-state index contributed by atoms with van der Waals surface area (Å²) in [5.41, 5.74) is 0.781. The topological polar surface area (TPSA) is 17.1 Å². The van der Waals surface area contributed by atoms with Crippen LogP contribution in [-0.2, 0) is 10.2 Å². The highest BCUT2D eigenvalue weighted by Crippen LogP contribution is 2.49. The lowest BCUT2D eigenvalue weighted by Gasteiger charge is -2.45. The Morgan fingerprint density at radius 3 is 2.24 bits per heavy atom. The molecule has 2 aliphatic rings. The van der Waals surface area contributed by atoms with E-state index >= 15 is 0 Å². The van der Waals surface area contributed by atoms with Crippen LogP contribution in [0.3, 0.4) is 0 Å². The molecule has 0 atom stereocenters. The molecule has 1 aromatic carbocycles. The van der Waals surface area contributed by atoms with E-state index in [-0.39, 0.29) is 5.41 Å². The number of hydrogen-bond donors (Lipinski definition) is 0. The van der Waals surface area contributed by atoms with Gasteiger partial charge in [-0.25, -0.2) is 8.78 Å². The number of hydrogen-bond acceptors (Lipinski definition) is 1. The lowest BCUT2D eigenvalue weighted by molar-refractivity contribution is -0.122. The second-order valence-corrected chi connectivity index (χ2v) is 6.66. The first-order chi connectivity index (χ1) is 10.1. The number of Topliss-reactive ketones (excluding diaryl/α,β-unsaturated/α-hetero) is 1. The van der Waals surface area contributed by atoms with E-state index < -0.39 is 11.6 Å².